The molecule has 0 saturated carbocycles. The highest BCUT2D eigenvalue weighted by molar-refractivity contribution is 5.81. The molecule has 0 aliphatic heterocycles. The highest BCUT2D eigenvalue weighted by Gasteiger charge is 2.10. The van der Waals surface area contributed by atoms with Crippen molar-refractivity contribution in [3.8, 4) is 5.75 Å². The second-order valence-corrected chi connectivity index (χ2v) is 6.23. The molecule has 3 rings (SSSR count). The van der Waals surface area contributed by atoms with Crippen LogP contribution in [0.2, 0.25) is 0 Å². The summed E-state index contributed by atoms with van der Waals surface area (Å²) in [6.07, 6.45) is 0.640. The number of amides is 1. The van der Waals surface area contributed by atoms with Crippen molar-refractivity contribution in [3.05, 3.63) is 74.9 Å². The van der Waals surface area contributed by atoms with E-state index in [1.807, 2.05) is 31.2 Å². The zero-order valence-electron chi connectivity index (χ0n) is 15.0. The SMILES string of the molecule is Cc1cccc(OCCCNC(=O)Cn2c(=O)[nH]c(=O)c3ccccc32)c1. The van der Waals surface area contributed by atoms with Crippen LogP contribution in [0.15, 0.2) is 58.1 Å². The van der Waals surface area contributed by atoms with Crippen LogP contribution in [0.1, 0.15) is 12.0 Å². The highest BCUT2D eigenvalue weighted by atomic mass is 16.5. The number of nitrogens with one attached hydrogen (secondary N) is 2. The minimum absolute atomic E-state index is 0.158. The van der Waals surface area contributed by atoms with Gasteiger partial charge in [0.2, 0.25) is 5.91 Å². The molecule has 2 N–H and O–H groups in total. The van der Waals surface area contributed by atoms with E-state index >= 15 is 0 Å². The maximum absolute atomic E-state index is 12.2. The normalized spacial score (nSPS) is 10.7. The third-order valence-corrected chi connectivity index (χ3v) is 4.11. The molecule has 0 spiro atoms. The molecule has 0 bridgehead atoms. The maximum Gasteiger partial charge on any atom is 0.329 e. The number of ether oxygens (including phenoxy) is 1. The summed E-state index contributed by atoms with van der Waals surface area (Å²) < 4.78 is 6.89. The van der Waals surface area contributed by atoms with Crippen LogP contribution in [0, 0.1) is 6.92 Å². The molecule has 3 aromatic rings. The standard InChI is InChI=1S/C20H21N3O4/c1-14-6-4-7-15(12-14)27-11-5-10-21-18(24)13-23-17-9-3-2-8-16(17)19(25)22-20(23)26/h2-4,6-9,12H,5,10-11,13H2,1H3,(H,21,24)(H,22,25,26). The third-order valence-electron chi connectivity index (χ3n) is 4.11. The van der Waals surface area contributed by atoms with E-state index in [1.165, 1.54) is 4.57 Å². The molecular weight excluding hydrogens is 346 g/mol. The van der Waals surface area contributed by atoms with Crippen molar-refractivity contribution in [2.75, 3.05) is 13.2 Å². The Labute approximate surface area is 155 Å². The predicted molar refractivity (Wildman–Crippen MR) is 103 cm³/mol. The zero-order valence-corrected chi connectivity index (χ0v) is 15.0. The van der Waals surface area contributed by atoms with Gasteiger partial charge in [-0.2, -0.15) is 0 Å². The molecule has 0 saturated heterocycles. The van der Waals surface area contributed by atoms with Crippen LogP contribution < -0.4 is 21.3 Å². The molecule has 27 heavy (non-hydrogen) atoms. The molecule has 0 aliphatic carbocycles. The lowest BCUT2D eigenvalue weighted by Crippen LogP contribution is -2.36. The Morgan fingerprint density at radius 3 is 2.78 bits per heavy atom. The quantitative estimate of drug-likeness (QED) is 0.620. The second-order valence-electron chi connectivity index (χ2n) is 6.23. The summed E-state index contributed by atoms with van der Waals surface area (Å²) in [5, 5.41) is 3.14. The van der Waals surface area contributed by atoms with Crippen molar-refractivity contribution in [2.45, 2.75) is 19.9 Å². The minimum Gasteiger partial charge on any atom is -0.494 e. The average molecular weight is 367 g/mol. The molecular formula is C20H21N3O4. The lowest BCUT2D eigenvalue weighted by atomic mass is 10.2. The number of fused-ring (bicyclic) bond motifs is 1. The predicted octanol–water partition coefficient (Wildman–Crippen LogP) is 1.58. The number of aromatic amines is 1. The first-order chi connectivity index (χ1) is 13.0. The minimum atomic E-state index is -0.600. The zero-order chi connectivity index (χ0) is 19.2. The Balaban J connectivity index is 1.54. The van der Waals surface area contributed by atoms with Crippen LogP contribution in [0.5, 0.6) is 5.75 Å². The number of H-pyrrole nitrogens is 1. The number of rotatable bonds is 7. The van der Waals surface area contributed by atoms with E-state index in [9.17, 15) is 14.4 Å². The summed E-state index contributed by atoms with van der Waals surface area (Å²) in [6.45, 7) is 2.75. The van der Waals surface area contributed by atoms with Crippen molar-refractivity contribution in [1.29, 1.82) is 0 Å². The van der Waals surface area contributed by atoms with Crippen molar-refractivity contribution >= 4 is 16.8 Å². The van der Waals surface area contributed by atoms with Crippen LogP contribution >= 0.6 is 0 Å². The van der Waals surface area contributed by atoms with Crippen LogP contribution in [-0.2, 0) is 11.3 Å². The Morgan fingerprint density at radius 1 is 1.15 bits per heavy atom. The molecule has 0 fully saturated rings. The lowest BCUT2D eigenvalue weighted by molar-refractivity contribution is -0.121. The molecule has 0 atom stereocenters. The van der Waals surface area contributed by atoms with Crippen molar-refractivity contribution < 1.29 is 9.53 Å². The van der Waals surface area contributed by atoms with Gasteiger partial charge in [-0.15, -0.1) is 0 Å². The van der Waals surface area contributed by atoms with Gasteiger partial charge in [0, 0.05) is 6.54 Å². The second kappa shape index (κ2) is 8.35. The number of carbonyl (C=O) groups is 1. The fourth-order valence-corrected chi connectivity index (χ4v) is 2.79. The monoisotopic (exact) mass is 367 g/mol. The number of nitrogens with zero attached hydrogens (tertiary/aromatic N) is 1. The molecule has 2 aromatic carbocycles. The van der Waals surface area contributed by atoms with Gasteiger partial charge >= 0.3 is 5.69 Å². The number of benzene rings is 2. The fourth-order valence-electron chi connectivity index (χ4n) is 2.79. The van der Waals surface area contributed by atoms with Gasteiger partial charge in [0.05, 0.1) is 17.5 Å². The smallest absolute Gasteiger partial charge is 0.329 e. The lowest BCUT2D eigenvalue weighted by Gasteiger charge is -2.10. The van der Waals surface area contributed by atoms with Gasteiger partial charge in [0.15, 0.2) is 0 Å². The number of aromatic nitrogens is 2. The molecule has 7 nitrogen and oxygen atoms in total. The summed E-state index contributed by atoms with van der Waals surface area (Å²) in [5.41, 5.74) is 0.501. The first kappa shape index (κ1) is 18.4. The van der Waals surface area contributed by atoms with E-state index in [0.29, 0.717) is 30.5 Å². The van der Waals surface area contributed by atoms with E-state index in [2.05, 4.69) is 10.3 Å². The summed E-state index contributed by atoms with van der Waals surface area (Å²) in [4.78, 5) is 38.3. The first-order valence-electron chi connectivity index (χ1n) is 8.72. The number of hydrogen-bond donors (Lipinski definition) is 2. The number of para-hydroxylation sites is 1. The van der Waals surface area contributed by atoms with Crippen molar-refractivity contribution in [2.24, 2.45) is 0 Å². The average Bonchev–Trinajstić information content (AvgIpc) is 2.65. The molecule has 0 radical (unpaired) electrons. The van der Waals surface area contributed by atoms with Crippen LogP contribution in [0.25, 0.3) is 10.9 Å². The molecule has 1 aromatic heterocycles. The summed E-state index contributed by atoms with van der Waals surface area (Å²) in [5.74, 6) is 0.498. The molecule has 0 unspecified atom stereocenters. The molecule has 0 aliphatic rings. The van der Waals surface area contributed by atoms with Gasteiger partial charge in [0.25, 0.3) is 5.56 Å². The van der Waals surface area contributed by atoms with Crippen LogP contribution in [0.3, 0.4) is 0 Å². The van der Waals surface area contributed by atoms with E-state index in [-0.39, 0.29) is 12.5 Å². The Kier molecular flexibility index (Phi) is 5.71. The molecule has 1 heterocycles. The van der Waals surface area contributed by atoms with Crippen LogP contribution in [0.4, 0.5) is 0 Å². The van der Waals surface area contributed by atoms with Gasteiger partial charge < -0.3 is 10.1 Å². The highest BCUT2D eigenvalue weighted by Crippen LogP contribution is 2.12. The van der Waals surface area contributed by atoms with E-state index in [4.69, 9.17) is 4.74 Å². The third kappa shape index (κ3) is 4.63. The first-order valence-corrected chi connectivity index (χ1v) is 8.72. The summed E-state index contributed by atoms with van der Waals surface area (Å²) in [7, 11) is 0. The fraction of sp³-hybridized carbons (Fsp3) is 0.250. The van der Waals surface area contributed by atoms with E-state index < -0.39 is 11.2 Å². The Bertz CT molecular complexity index is 1070. The molecule has 140 valence electrons. The van der Waals surface area contributed by atoms with Gasteiger partial charge in [-0.3, -0.25) is 19.1 Å². The molecule has 1 amide bonds. The Hall–Kier alpha value is -3.35. The van der Waals surface area contributed by atoms with Crippen molar-refractivity contribution in [3.63, 3.8) is 0 Å². The van der Waals surface area contributed by atoms with Gasteiger partial charge in [-0.05, 0) is 43.2 Å². The Morgan fingerprint density at radius 2 is 1.96 bits per heavy atom. The molecule has 7 heteroatoms. The van der Waals surface area contributed by atoms with Gasteiger partial charge in [0.1, 0.15) is 12.3 Å². The topological polar surface area (TPSA) is 93.2 Å². The van der Waals surface area contributed by atoms with Crippen molar-refractivity contribution in [1.82, 2.24) is 14.9 Å². The van der Waals surface area contributed by atoms with Gasteiger partial charge in [-0.25, -0.2) is 4.79 Å². The summed E-state index contributed by atoms with van der Waals surface area (Å²) >= 11 is 0. The number of carbonyl (C=O) groups excluding carboxylic acids is 1. The summed E-state index contributed by atoms with van der Waals surface area (Å²) in [6, 6.07) is 14.5. The number of hydrogen-bond acceptors (Lipinski definition) is 4. The number of aryl methyl sites for hydroxylation is 1. The van der Waals surface area contributed by atoms with Gasteiger partial charge in [-0.1, -0.05) is 24.3 Å². The maximum atomic E-state index is 12.2. The largest absolute Gasteiger partial charge is 0.494 e. The van der Waals surface area contributed by atoms with E-state index in [1.54, 1.807) is 24.3 Å². The van der Waals surface area contributed by atoms with Crippen LogP contribution in [-0.4, -0.2) is 28.6 Å². The van der Waals surface area contributed by atoms with E-state index in [0.717, 1.165) is 11.3 Å².